The van der Waals surface area contributed by atoms with Crippen LogP contribution in [-0.2, 0) is 6.18 Å². The van der Waals surface area contributed by atoms with Crippen LogP contribution in [0.1, 0.15) is 30.6 Å². The van der Waals surface area contributed by atoms with Crippen molar-refractivity contribution in [2.75, 3.05) is 18.4 Å². The average molecular weight is 325 g/mol. The average Bonchev–Trinajstić information content (AvgIpc) is 2.55. The van der Waals surface area contributed by atoms with Crippen molar-refractivity contribution in [3.8, 4) is 0 Å². The van der Waals surface area contributed by atoms with Crippen LogP contribution in [0, 0.1) is 0 Å². The molecule has 124 valence electrons. The first-order valence-corrected chi connectivity index (χ1v) is 7.23. The molecule has 0 saturated heterocycles. The van der Waals surface area contributed by atoms with Crippen LogP contribution < -0.4 is 10.6 Å². The lowest BCUT2D eigenvalue weighted by atomic mass is 10.2. The summed E-state index contributed by atoms with van der Waals surface area (Å²) in [6.07, 6.45) is 2.25. The summed E-state index contributed by atoms with van der Waals surface area (Å²) in [5, 5.41) is 6.29. The summed E-state index contributed by atoms with van der Waals surface area (Å²) in [5.74, 6) is 0.431. The summed E-state index contributed by atoms with van der Waals surface area (Å²) in [4.78, 5) is 12.0. The van der Waals surface area contributed by atoms with Crippen molar-refractivity contribution in [3.63, 3.8) is 0 Å². The maximum atomic E-state index is 12.4. The minimum absolute atomic E-state index is 0.0906. The Morgan fingerprint density at radius 1 is 1.09 bits per heavy atom. The first-order valence-electron chi connectivity index (χ1n) is 7.23. The number of hydrogen-bond acceptors (Lipinski definition) is 5. The Balaban J connectivity index is 1.68. The Hall–Kier alpha value is -2.22. The molecule has 2 heterocycles. The molecule has 2 rings (SSSR count). The van der Waals surface area contributed by atoms with E-state index in [1.807, 2.05) is 6.92 Å². The summed E-state index contributed by atoms with van der Waals surface area (Å²) in [6.45, 7) is 3.35. The van der Waals surface area contributed by atoms with E-state index in [4.69, 9.17) is 0 Å². The van der Waals surface area contributed by atoms with Gasteiger partial charge in [-0.05, 0) is 32.0 Å². The summed E-state index contributed by atoms with van der Waals surface area (Å²) < 4.78 is 37.2. The molecule has 0 radical (unpaired) electrons. The van der Waals surface area contributed by atoms with E-state index in [9.17, 15) is 13.2 Å². The normalized spacial score (nSPS) is 12.9. The smallest absolute Gasteiger partial charge is 0.370 e. The highest BCUT2D eigenvalue weighted by Gasteiger charge is 2.30. The molecule has 0 spiro atoms. The van der Waals surface area contributed by atoms with Gasteiger partial charge in [0.2, 0.25) is 0 Å². The lowest BCUT2D eigenvalue weighted by molar-refractivity contribution is -0.137. The van der Waals surface area contributed by atoms with Crippen molar-refractivity contribution in [2.24, 2.45) is 0 Å². The quantitative estimate of drug-likeness (QED) is 0.766. The van der Waals surface area contributed by atoms with E-state index in [0.717, 1.165) is 30.9 Å². The molecular formula is C15H18F3N5. The molecule has 0 saturated carbocycles. The SMILES string of the molecule is CC(NCCCNc1ccc(C(F)(F)F)cn1)c1cnccn1. The number of nitrogens with zero attached hydrogens (tertiary/aromatic N) is 3. The first-order chi connectivity index (χ1) is 11.0. The molecule has 8 heteroatoms. The molecule has 0 aliphatic heterocycles. The molecule has 0 amide bonds. The summed E-state index contributed by atoms with van der Waals surface area (Å²) in [7, 11) is 0. The van der Waals surface area contributed by atoms with Crippen LogP contribution in [0.4, 0.5) is 19.0 Å². The van der Waals surface area contributed by atoms with E-state index in [-0.39, 0.29) is 6.04 Å². The fraction of sp³-hybridized carbons (Fsp3) is 0.400. The van der Waals surface area contributed by atoms with Gasteiger partial charge in [0.15, 0.2) is 0 Å². The number of hydrogen-bond donors (Lipinski definition) is 2. The molecule has 2 N–H and O–H groups in total. The number of pyridine rings is 1. The molecule has 23 heavy (non-hydrogen) atoms. The zero-order valence-corrected chi connectivity index (χ0v) is 12.6. The van der Waals surface area contributed by atoms with Gasteiger partial charge >= 0.3 is 6.18 Å². The third kappa shape index (κ3) is 5.48. The number of alkyl halides is 3. The highest BCUT2D eigenvalue weighted by molar-refractivity contribution is 5.35. The predicted octanol–water partition coefficient (Wildman–Crippen LogP) is 3.04. The molecular weight excluding hydrogens is 307 g/mol. The molecule has 0 aromatic carbocycles. The van der Waals surface area contributed by atoms with Crippen LogP contribution in [-0.4, -0.2) is 28.0 Å². The molecule has 1 unspecified atom stereocenters. The fourth-order valence-corrected chi connectivity index (χ4v) is 1.93. The van der Waals surface area contributed by atoms with Crippen LogP contribution in [0.15, 0.2) is 36.9 Å². The van der Waals surface area contributed by atoms with E-state index >= 15 is 0 Å². The van der Waals surface area contributed by atoms with Gasteiger partial charge in [0.05, 0.1) is 11.3 Å². The largest absolute Gasteiger partial charge is 0.417 e. The van der Waals surface area contributed by atoms with Crippen LogP contribution in [0.3, 0.4) is 0 Å². The maximum Gasteiger partial charge on any atom is 0.417 e. The van der Waals surface area contributed by atoms with Crippen molar-refractivity contribution >= 4 is 5.82 Å². The summed E-state index contributed by atoms with van der Waals surface area (Å²) >= 11 is 0. The Kier molecular flexibility index (Phi) is 5.86. The van der Waals surface area contributed by atoms with Gasteiger partial charge in [-0.2, -0.15) is 13.2 Å². The van der Waals surface area contributed by atoms with E-state index in [1.165, 1.54) is 6.07 Å². The topological polar surface area (TPSA) is 62.7 Å². The van der Waals surface area contributed by atoms with Gasteiger partial charge in [-0.3, -0.25) is 9.97 Å². The molecule has 2 aromatic rings. The van der Waals surface area contributed by atoms with Crippen LogP contribution in [0.25, 0.3) is 0 Å². The highest BCUT2D eigenvalue weighted by Crippen LogP contribution is 2.28. The zero-order valence-electron chi connectivity index (χ0n) is 12.6. The minimum Gasteiger partial charge on any atom is -0.370 e. The third-order valence-corrected chi connectivity index (χ3v) is 3.23. The molecule has 0 aliphatic rings. The van der Waals surface area contributed by atoms with Crippen molar-refractivity contribution in [1.82, 2.24) is 20.3 Å². The maximum absolute atomic E-state index is 12.4. The van der Waals surface area contributed by atoms with E-state index in [2.05, 4.69) is 25.6 Å². The van der Waals surface area contributed by atoms with Crippen molar-refractivity contribution < 1.29 is 13.2 Å². The van der Waals surface area contributed by atoms with Crippen LogP contribution in [0.5, 0.6) is 0 Å². The molecule has 0 aliphatic carbocycles. The van der Waals surface area contributed by atoms with Gasteiger partial charge in [0.25, 0.3) is 0 Å². The lowest BCUT2D eigenvalue weighted by Gasteiger charge is -2.13. The second kappa shape index (κ2) is 7.87. The molecule has 1 atom stereocenters. The number of anilines is 1. The highest BCUT2D eigenvalue weighted by atomic mass is 19.4. The second-order valence-electron chi connectivity index (χ2n) is 5.02. The van der Waals surface area contributed by atoms with Gasteiger partial charge in [0.1, 0.15) is 5.82 Å². The molecule has 0 fully saturated rings. The Morgan fingerprint density at radius 2 is 1.91 bits per heavy atom. The van der Waals surface area contributed by atoms with E-state index in [1.54, 1.807) is 18.6 Å². The monoisotopic (exact) mass is 325 g/mol. The molecule has 2 aromatic heterocycles. The fourth-order valence-electron chi connectivity index (χ4n) is 1.93. The third-order valence-electron chi connectivity index (χ3n) is 3.23. The lowest BCUT2D eigenvalue weighted by Crippen LogP contribution is -2.22. The summed E-state index contributed by atoms with van der Waals surface area (Å²) in [5.41, 5.74) is 0.118. The Morgan fingerprint density at radius 3 is 2.52 bits per heavy atom. The van der Waals surface area contributed by atoms with E-state index in [0.29, 0.717) is 12.4 Å². The van der Waals surface area contributed by atoms with Gasteiger partial charge in [-0.15, -0.1) is 0 Å². The molecule has 5 nitrogen and oxygen atoms in total. The standard InChI is InChI=1S/C15H18F3N5/c1-11(13-10-19-7-8-21-13)20-5-2-6-22-14-4-3-12(9-23-14)15(16,17)18/h3-4,7-11,20H,2,5-6H2,1H3,(H,22,23). The van der Waals surface area contributed by atoms with Crippen molar-refractivity contribution in [3.05, 3.63) is 48.2 Å². The van der Waals surface area contributed by atoms with Crippen LogP contribution >= 0.6 is 0 Å². The minimum atomic E-state index is -4.36. The van der Waals surface area contributed by atoms with Crippen molar-refractivity contribution in [2.45, 2.75) is 25.6 Å². The van der Waals surface area contributed by atoms with Gasteiger partial charge in [-0.1, -0.05) is 0 Å². The Bertz CT molecular complexity index is 586. The van der Waals surface area contributed by atoms with Gasteiger partial charge < -0.3 is 10.6 Å². The number of nitrogens with one attached hydrogen (secondary N) is 2. The summed E-state index contributed by atoms with van der Waals surface area (Å²) in [6, 6.07) is 2.44. The van der Waals surface area contributed by atoms with Gasteiger partial charge in [0, 0.05) is 37.4 Å². The van der Waals surface area contributed by atoms with Crippen molar-refractivity contribution in [1.29, 1.82) is 0 Å². The number of aromatic nitrogens is 3. The van der Waals surface area contributed by atoms with Gasteiger partial charge in [-0.25, -0.2) is 4.98 Å². The first kappa shape index (κ1) is 17.1. The second-order valence-corrected chi connectivity index (χ2v) is 5.02. The number of halogens is 3. The van der Waals surface area contributed by atoms with E-state index < -0.39 is 11.7 Å². The molecule has 0 bridgehead atoms. The van der Waals surface area contributed by atoms with Crippen LogP contribution in [0.2, 0.25) is 0 Å². The zero-order chi connectivity index (χ0) is 16.7. The predicted molar refractivity (Wildman–Crippen MR) is 80.8 cm³/mol. The Labute approximate surface area is 132 Å². The number of rotatable bonds is 7.